The van der Waals surface area contributed by atoms with E-state index >= 15 is 0 Å². The van der Waals surface area contributed by atoms with Crippen LogP contribution in [0.25, 0.3) is 0 Å². The van der Waals surface area contributed by atoms with Gasteiger partial charge in [0.15, 0.2) is 11.5 Å². The van der Waals surface area contributed by atoms with Crippen molar-refractivity contribution in [3.05, 3.63) is 17.7 Å². The van der Waals surface area contributed by atoms with Crippen LogP contribution in [0.3, 0.4) is 0 Å². The molecule has 0 atom stereocenters. The van der Waals surface area contributed by atoms with E-state index in [9.17, 15) is 0 Å². The van der Waals surface area contributed by atoms with Crippen molar-refractivity contribution in [3.8, 4) is 17.2 Å². The number of fused-ring (bicyclic) bond motifs is 1. The molecule has 17 heavy (non-hydrogen) atoms. The minimum Gasteiger partial charge on any atom is -0.493 e. The zero-order valence-corrected chi connectivity index (χ0v) is 10.4. The summed E-state index contributed by atoms with van der Waals surface area (Å²) in [4.78, 5) is 0. The molecular formula is C13H19NO3. The molecule has 2 rings (SSSR count). The van der Waals surface area contributed by atoms with Gasteiger partial charge in [0, 0.05) is 0 Å². The van der Waals surface area contributed by atoms with Gasteiger partial charge in [-0.15, -0.1) is 0 Å². The van der Waals surface area contributed by atoms with E-state index in [1.807, 2.05) is 12.1 Å². The van der Waals surface area contributed by atoms with Gasteiger partial charge in [-0.2, -0.15) is 0 Å². The molecule has 0 aliphatic carbocycles. The van der Waals surface area contributed by atoms with Gasteiger partial charge < -0.3 is 19.5 Å². The molecular weight excluding hydrogens is 218 g/mol. The van der Waals surface area contributed by atoms with Crippen LogP contribution in [0, 0.1) is 0 Å². The van der Waals surface area contributed by atoms with E-state index in [0.29, 0.717) is 0 Å². The highest BCUT2D eigenvalue weighted by atomic mass is 16.7. The molecule has 1 N–H and O–H groups in total. The Hall–Kier alpha value is -1.42. The molecule has 0 fully saturated rings. The number of nitrogens with one attached hydrogen (secondary N) is 1. The third-order valence-corrected chi connectivity index (χ3v) is 2.74. The number of hydrogen-bond donors (Lipinski definition) is 1. The van der Waals surface area contributed by atoms with Gasteiger partial charge in [0.2, 0.25) is 12.5 Å². The van der Waals surface area contributed by atoms with E-state index in [2.05, 4.69) is 12.2 Å². The lowest BCUT2D eigenvalue weighted by Gasteiger charge is -2.08. The quantitative estimate of drug-likeness (QED) is 0.768. The van der Waals surface area contributed by atoms with E-state index < -0.39 is 0 Å². The van der Waals surface area contributed by atoms with Crippen molar-refractivity contribution in [2.75, 3.05) is 27.0 Å². The van der Waals surface area contributed by atoms with Crippen LogP contribution in [0.2, 0.25) is 0 Å². The van der Waals surface area contributed by atoms with Crippen molar-refractivity contribution in [2.45, 2.75) is 19.8 Å². The Morgan fingerprint density at radius 2 is 2.18 bits per heavy atom. The molecule has 1 heterocycles. The number of methoxy groups -OCH3 is 1. The third-order valence-electron chi connectivity index (χ3n) is 2.74. The van der Waals surface area contributed by atoms with E-state index in [4.69, 9.17) is 14.2 Å². The van der Waals surface area contributed by atoms with Crippen LogP contribution in [0.4, 0.5) is 0 Å². The summed E-state index contributed by atoms with van der Waals surface area (Å²) in [6.07, 6.45) is 2.12. The molecule has 94 valence electrons. The summed E-state index contributed by atoms with van der Waals surface area (Å²) in [5.74, 6) is 2.26. The van der Waals surface area contributed by atoms with Crippen LogP contribution >= 0.6 is 0 Å². The molecule has 4 nitrogen and oxygen atoms in total. The first-order chi connectivity index (χ1) is 8.35. The summed E-state index contributed by atoms with van der Waals surface area (Å²) in [5, 5.41) is 3.38. The maximum atomic E-state index is 5.39. The van der Waals surface area contributed by atoms with Gasteiger partial charge in [0.1, 0.15) is 0 Å². The maximum absolute atomic E-state index is 5.39. The molecule has 0 radical (unpaired) electrons. The number of hydrogen-bond acceptors (Lipinski definition) is 4. The highest BCUT2D eigenvalue weighted by molar-refractivity contribution is 5.55. The molecule has 1 aromatic carbocycles. The van der Waals surface area contributed by atoms with Gasteiger partial charge >= 0.3 is 0 Å². The van der Waals surface area contributed by atoms with Crippen molar-refractivity contribution < 1.29 is 14.2 Å². The predicted molar refractivity (Wildman–Crippen MR) is 66.0 cm³/mol. The Morgan fingerprint density at radius 1 is 1.29 bits per heavy atom. The van der Waals surface area contributed by atoms with Crippen LogP contribution in [-0.4, -0.2) is 27.0 Å². The highest BCUT2D eigenvalue weighted by Crippen LogP contribution is 2.41. The Kier molecular flexibility index (Phi) is 4.09. The molecule has 0 bridgehead atoms. The Labute approximate surface area is 102 Å². The van der Waals surface area contributed by atoms with Crippen LogP contribution in [0.5, 0.6) is 17.2 Å². The van der Waals surface area contributed by atoms with Crippen LogP contribution < -0.4 is 19.5 Å². The molecule has 0 unspecified atom stereocenters. The smallest absolute Gasteiger partial charge is 0.231 e. The molecule has 4 heteroatoms. The highest BCUT2D eigenvalue weighted by Gasteiger charge is 2.19. The number of rotatable bonds is 6. The normalized spacial score (nSPS) is 12.8. The molecule has 0 spiro atoms. The summed E-state index contributed by atoms with van der Waals surface area (Å²) in [7, 11) is 1.65. The van der Waals surface area contributed by atoms with Crippen molar-refractivity contribution in [1.82, 2.24) is 5.32 Å². The lowest BCUT2D eigenvalue weighted by atomic mass is 10.1. The summed E-state index contributed by atoms with van der Waals surface area (Å²) < 4.78 is 16.0. The molecule has 0 aromatic heterocycles. The fraction of sp³-hybridized carbons (Fsp3) is 0.538. The first-order valence-corrected chi connectivity index (χ1v) is 6.02. The zero-order chi connectivity index (χ0) is 12.1. The van der Waals surface area contributed by atoms with Crippen molar-refractivity contribution in [2.24, 2.45) is 0 Å². The second-order valence-electron chi connectivity index (χ2n) is 4.03. The summed E-state index contributed by atoms with van der Waals surface area (Å²) in [6, 6.07) is 4.04. The van der Waals surface area contributed by atoms with Crippen LogP contribution in [0.15, 0.2) is 12.1 Å². The monoisotopic (exact) mass is 237 g/mol. The lowest BCUT2D eigenvalue weighted by molar-refractivity contribution is 0.171. The fourth-order valence-electron chi connectivity index (χ4n) is 1.86. The number of benzene rings is 1. The van der Waals surface area contributed by atoms with Gasteiger partial charge in [0.05, 0.1) is 7.11 Å². The fourth-order valence-corrected chi connectivity index (χ4v) is 1.86. The minimum atomic E-state index is 0.281. The minimum absolute atomic E-state index is 0.281. The SMILES string of the molecule is CCCNCCc1cc(OC)c2c(c1)OCO2. The van der Waals surface area contributed by atoms with Crippen molar-refractivity contribution in [3.63, 3.8) is 0 Å². The second-order valence-corrected chi connectivity index (χ2v) is 4.03. The standard InChI is InChI=1S/C13H19NO3/c1-3-5-14-6-4-10-7-11(15-2)13-12(8-10)16-9-17-13/h7-8,14H,3-6,9H2,1-2H3. The molecule has 0 amide bonds. The summed E-state index contributed by atoms with van der Waals surface area (Å²) >= 11 is 0. The first-order valence-electron chi connectivity index (χ1n) is 6.02. The number of ether oxygens (including phenoxy) is 3. The Morgan fingerprint density at radius 3 is 2.94 bits per heavy atom. The topological polar surface area (TPSA) is 39.7 Å². The average Bonchev–Trinajstić information content (AvgIpc) is 2.81. The van der Waals surface area contributed by atoms with E-state index in [1.165, 1.54) is 5.56 Å². The molecule has 1 aliphatic heterocycles. The van der Waals surface area contributed by atoms with Crippen LogP contribution in [-0.2, 0) is 6.42 Å². The van der Waals surface area contributed by atoms with Gasteiger partial charge in [-0.1, -0.05) is 6.92 Å². The van der Waals surface area contributed by atoms with E-state index in [-0.39, 0.29) is 6.79 Å². The van der Waals surface area contributed by atoms with Gasteiger partial charge in [0.25, 0.3) is 0 Å². The maximum Gasteiger partial charge on any atom is 0.231 e. The molecule has 1 aromatic rings. The second kappa shape index (κ2) is 5.77. The van der Waals surface area contributed by atoms with Crippen LogP contribution in [0.1, 0.15) is 18.9 Å². The van der Waals surface area contributed by atoms with Gasteiger partial charge in [-0.05, 0) is 43.6 Å². The van der Waals surface area contributed by atoms with Gasteiger partial charge in [-0.25, -0.2) is 0 Å². The average molecular weight is 237 g/mol. The predicted octanol–water partition coefficient (Wildman–Crippen LogP) is 1.97. The molecule has 0 saturated heterocycles. The van der Waals surface area contributed by atoms with E-state index in [1.54, 1.807) is 7.11 Å². The Bertz CT molecular complexity index is 379. The Balaban J connectivity index is 2.03. The largest absolute Gasteiger partial charge is 0.493 e. The molecule has 0 saturated carbocycles. The summed E-state index contributed by atoms with van der Waals surface area (Å²) in [6.45, 7) is 4.47. The third kappa shape index (κ3) is 2.82. The van der Waals surface area contributed by atoms with Crippen molar-refractivity contribution >= 4 is 0 Å². The van der Waals surface area contributed by atoms with E-state index in [0.717, 1.165) is 43.2 Å². The molecule has 1 aliphatic rings. The summed E-state index contributed by atoms with van der Waals surface area (Å²) in [5.41, 5.74) is 1.20. The van der Waals surface area contributed by atoms with Gasteiger partial charge in [-0.3, -0.25) is 0 Å². The van der Waals surface area contributed by atoms with Crippen molar-refractivity contribution in [1.29, 1.82) is 0 Å². The first kappa shape index (κ1) is 12.0. The zero-order valence-electron chi connectivity index (χ0n) is 10.4. The lowest BCUT2D eigenvalue weighted by Crippen LogP contribution is -2.17.